The zero-order valence-corrected chi connectivity index (χ0v) is 15.7. The first-order valence-corrected chi connectivity index (χ1v) is 9.50. The van der Waals surface area contributed by atoms with Crippen molar-refractivity contribution in [3.63, 3.8) is 0 Å². The molecule has 2 N–H and O–H groups in total. The number of imidazole rings is 1. The summed E-state index contributed by atoms with van der Waals surface area (Å²) in [6.07, 6.45) is 5.74. The maximum Gasteiger partial charge on any atom is 0.154 e. The fourth-order valence-electron chi connectivity index (χ4n) is 3.95. The largest absolute Gasteiger partial charge is 0.390 e. The summed E-state index contributed by atoms with van der Waals surface area (Å²) in [6.45, 7) is 3.79. The van der Waals surface area contributed by atoms with Gasteiger partial charge >= 0.3 is 0 Å². The summed E-state index contributed by atoms with van der Waals surface area (Å²) < 4.78 is 15.3. The van der Waals surface area contributed by atoms with Gasteiger partial charge in [0, 0.05) is 11.6 Å². The molecule has 1 aliphatic rings. The van der Waals surface area contributed by atoms with Crippen LogP contribution in [0.15, 0.2) is 42.6 Å². The number of aliphatic hydroxyl groups is 1. The van der Waals surface area contributed by atoms with Gasteiger partial charge in [0.25, 0.3) is 0 Å². The van der Waals surface area contributed by atoms with Crippen LogP contribution < -0.4 is 5.32 Å². The Morgan fingerprint density at radius 2 is 1.93 bits per heavy atom. The van der Waals surface area contributed by atoms with Gasteiger partial charge in [0.2, 0.25) is 0 Å². The fourth-order valence-corrected chi connectivity index (χ4v) is 3.95. The average molecular weight is 368 g/mol. The number of halogens is 1. The molecule has 1 fully saturated rings. The topological polar surface area (TPSA) is 62.5 Å². The van der Waals surface area contributed by atoms with E-state index in [9.17, 15) is 9.50 Å². The molecule has 2 aromatic heterocycles. The van der Waals surface area contributed by atoms with Gasteiger partial charge in [0.1, 0.15) is 11.6 Å². The van der Waals surface area contributed by atoms with Gasteiger partial charge < -0.3 is 10.4 Å². The van der Waals surface area contributed by atoms with Crippen LogP contribution in [0.25, 0.3) is 16.9 Å². The van der Waals surface area contributed by atoms with Crippen LogP contribution in [0.4, 0.5) is 10.2 Å². The molecule has 0 unspecified atom stereocenters. The number of nitrogens with zero attached hydrogens (tertiary/aromatic N) is 3. The van der Waals surface area contributed by atoms with Crippen LogP contribution in [0, 0.1) is 11.7 Å². The lowest BCUT2D eigenvalue weighted by Crippen LogP contribution is -2.37. The Hall–Kier alpha value is -2.47. The van der Waals surface area contributed by atoms with E-state index >= 15 is 0 Å². The highest BCUT2D eigenvalue weighted by Gasteiger charge is 2.31. The summed E-state index contributed by atoms with van der Waals surface area (Å²) in [5, 5.41) is 18.4. The molecule has 0 spiro atoms. The molecule has 6 heteroatoms. The van der Waals surface area contributed by atoms with Gasteiger partial charge in [-0.25, -0.2) is 13.9 Å². The molecule has 2 heterocycles. The minimum atomic E-state index is -0.612. The second-order valence-electron chi connectivity index (χ2n) is 7.99. The lowest BCUT2D eigenvalue weighted by atomic mass is 9.77. The van der Waals surface area contributed by atoms with E-state index in [0.29, 0.717) is 12.0 Å². The van der Waals surface area contributed by atoms with Gasteiger partial charge in [0.05, 0.1) is 17.5 Å². The molecule has 1 aliphatic carbocycles. The number of hydrogen-bond donors (Lipinski definition) is 2. The van der Waals surface area contributed by atoms with E-state index < -0.39 is 5.60 Å². The van der Waals surface area contributed by atoms with Crippen molar-refractivity contribution in [1.29, 1.82) is 0 Å². The molecule has 3 aromatic rings. The molecule has 0 atom stereocenters. The fraction of sp³-hybridized carbons (Fsp3) is 0.429. The zero-order chi connectivity index (χ0) is 19.0. The zero-order valence-electron chi connectivity index (χ0n) is 15.7. The number of nitrogens with one attached hydrogen (secondary N) is 1. The third-order valence-corrected chi connectivity index (χ3v) is 5.56. The highest BCUT2D eigenvalue weighted by atomic mass is 19.1. The van der Waals surface area contributed by atoms with E-state index in [2.05, 4.69) is 15.4 Å². The van der Waals surface area contributed by atoms with Crippen LogP contribution in [0.2, 0.25) is 0 Å². The number of aromatic nitrogens is 3. The second kappa shape index (κ2) is 6.93. The Morgan fingerprint density at radius 1 is 1.15 bits per heavy atom. The first-order valence-electron chi connectivity index (χ1n) is 9.50. The van der Waals surface area contributed by atoms with Gasteiger partial charge in [-0.05, 0) is 69.7 Å². The molecule has 0 radical (unpaired) electrons. The van der Waals surface area contributed by atoms with E-state index in [-0.39, 0.29) is 5.82 Å². The van der Waals surface area contributed by atoms with Crippen molar-refractivity contribution in [3.8, 4) is 11.3 Å². The number of anilines is 1. The Bertz CT molecular complexity index is 939. The quantitative estimate of drug-likeness (QED) is 0.722. The molecule has 1 aromatic carbocycles. The molecule has 5 nitrogen and oxygen atoms in total. The minimum absolute atomic E-state index is 0.278. The van der Waals surface area contributed by atoms with Crippen LogP contribution in [0.3, 0.4) is 0 Å². The van der Waals surface area contributed by atoms with Crippen molar-refractivity contribution in [2.24, 2.45) is 5.92 Å². The second-order valence-corrected chi connectivity index (χ2v) is 7.99. The van der Waals surface area contributed by atoms with Crippen molar-refractivity contribution >= 4 is 11.5 Å². The van der Waals surface area contributed by atoms with Gasteiger partial charge in [-0.2, -0.15) is 0 Å². The standard InChI is InChI=1S/C21H25FN4O/c1-21(2,27)15-6-8-17(9-7-15)24-19-10-11-20-23-13-18(26(20)25-19)14-4-3-5-16(22)12-14/h3-5,10-13,15,17,27H,6-9H2,1-2H3,(H,24,25). The number of benzene rings is 1. The molecular formula is C21H25FN4O. The first kappa shape index (κ1) is 17.9. The SMILES string of the molecule is CC(C)(O)C1CCC(Nc2ccc3ncc(-c4cccc(F)c4)n3n2)CC1. The van der Waals surface area contributed by atoms with Gasteiger partial charge in [0.15, 0.2) is 5.65 Å². The highest BCUT2D eigenvalue weighted by Crippen LogP contribution is 2.33. The predicted molar refractivity (Wildman–Crippen MR) is 104 cm³/mol. The van der Waals surface area contributed by atoms with Crippen LogP contribution in [0.5, 0.6) is 0 Å². The maximum absolute atomic E-state index is 13.6. The number of hydrogen-bond acceptors (Lipinski definition) is 4. The summed E-state index contributed by atoms with van der Waals surface area (Å²) in [5.74, 6) is 0.851. The van der Waals surface area contributed by atoms with E-state index in [4.69, 9.17) is 0 Å². The Morgan fingerprint density at radius 3 is 2.63 bits per heavy atom. The van der Waals surface area contributed by atoms with E-state index in [1.165, 1.54) is 12.1 Å². The van der Waals surface area contributed by atoms with Gasteiger partial charge in [-0.3, -0.25) is 0 Å². The Balaban J connectivity index is 1.53. The van der Waals surface area contributed by atoms with Crippen molar-refractivity contribution < 1.29 is 9.50 Å². The van der Waals surface area contributed by atoms with E-state index in [1.54, 1.807) is 16.8 Å². The maximum atomic E-state index is 13.6. The minimum Gasteiger partial charge on any atom is -0.390 e. The first-order chi connectivity index (χ1) is 12.9. The van der Waals surface area contributed by atoms with Crippen molar-refractivity contribution in [2.75, 3.05) is 5.32 Å². The molecule has 27 heavy (non-hydrogen) atoms. The average Bonchev–Trinajstić information content (AvgIpc) is 3.05. The monoisotopic (exact) mass is 368 g/mol. The third kappa shape index (κ3) is 3.81. The normalized spacial score (nSPS) is 20.7. The van der Waals surface area contributed by atoms with E-state index in [0.717, 1.165) is 48.4 Å². The lowest BCUT2D eigenvalue weighted by molar-refractivity contribution is -0.000405. The van der Waals surface area contributed by atoms with Crippen molar-refractivity contribution in [3.05, 3.63) is 48.4 Å². The van der Waals surface area contributed by atoms with Crippen LogP contribution in [-0.2, 0) is 0 Å². The van der Waals surface area contributed by atoms with Crippen molar-refractivity contribution in [2.45, 2.75) is 51.2 Å². The lowest BCUT2D eigenvalue weighted by Gasteiger charge is -2.36. The van der Waals surface area contributed by atoms with Crippen LogP contribution in [0.1, 0.15) is 39.5 Å². The molecule has 4 rings (SSSR count). The number of rotatable bonds is 4. The summed E-state index contributed by atoms with van der Waals surface area (Å²) in [7, 11) is 0. The molecule has 1 saturated carbocycles. The number of fused-ring (bicyclic) bond motifs is 1. The predicted octanol–water partition coefficient (Wildman–Crippen LogP) is 4.28. The Kier molecular flexibility index (Phi) is 4.60. The summed E-state index contributed by atoms with van der Waals surface area (Å²) in [5.41, 5.74) is 1.63. The van der Waals surface area contributed by atoms with E-state index in [1.807, 2.05) is 32.0 Å². The summed E-state index contributed by atoms with van der Waals surface area (Å²) in [4.78, 5) is 4.37. The molecule has 0 aliphatic heterocycles. The smallest absolute Gasteiger partial charge is 0.154 e. The van der Waals surface area contributed by atoms with Gasteiger partial charge in [-0.15, -0.1) is 5.10 Å². The van der Waals surface area contributed by atoms with Crippen LogP contribution >= 0.6 is 0 Å². The molecule has 142 valence electrons. The summed E-state index contributed by atoms with van der Waals surface area (Å²) >= 11 is 0. The summed E-state index contributed by atoms with van der Waals surface area (Å²) in [6, 6.07) is 10.6. The van der Waals surface area contributed by atoms with Crippen molar-refractivity contribution in [1.82, 2.24) is 14.6 Å². The molecule has 0 saturated heterocycles. The Labute approximate surface area is 158 Å². The van der Waals surface area contributed by atoms with Crippen LogP contribution in [-0.4, -0.2) is 31.3 Å². The molecular weight excluding hydrogens is 343 g/mol. The third-order valence-electron chi connectivity index (χ3n) is 5.56. The highest BCUT2D eigenvalue weighted by molar-refractivity contribution is 5.63. The van der Waals surface area contributed by atoms with Gasteiger partial charge in [-0.1, -0.05) is 12.1 Å². The molecule has 0 amide bonds. The molecule has 0 bridgehead atoms.